The zero-order valence-electron chi connectivity index (χ0n) is 20.9. The third-order valence-corrected chi connectivity index (χ3v) is 5.93. The fourth-order valence-electron chi connectivity index (χ4n) is 3.53. The molecule has 10 nitrogen and oxygen atoms in total. The maximum absolute atomic E-state index is 13.7. The van der Waals surface area contributed by atoms with Crippen LogP contribution in [0.2, 0.25) is 10.0 Å². The van der Waals surface area contributed by atoms with Gasteiger partial charge in [-0.15, -0.1) is 0 Å². The summed E-state index contributed by atoms with van der Waals surface area (Å²) in [5, 5.41) is 12.4. The Labute approximate surface area is 223 Å². The normalized spacial score (nSPS) is 12.2. The highest BCUT2D eigenvalue weighted by atomic mass is 35.5. The molecule has 1 amide bonds. The SMILES string of the molecule is CC(C)Oc1ccc(/N=c2\[nH]c(=O)n(C(C)(C)C(=O)NCCO)c(=O)n2Cc2ccc(Cl)cc2)cc1Cl. The number of H-pyrrole nitrogens is 1. The van der Waals surface area contributed by atoms with Crippen molar-refractivity contribution in [2.24, 2.45) is 4.99 Å². The molecule has 0 bridgehead atoms. The third-order valence-electron chi connectivity index (χ3n) is 5.38. The first-order valence-electron chi connectivity index (χ1n) is 11.5. The number of carbonyl (C=O) groups is 1. The summed E-state index contributed by atoms with van der Waals surface area (Å²) in [6.45, 7) is 6.34. The summed E-state index contributed by atoms with van der Waals surface area (Å²) in [5.74, 6) is -0.131. The average Bonchev–Trinajstić information content (AvgIpc) is 2.82. The smallest absolute Gasteiger partial charge is 0.336 e. The molecule has 0 unspecified atom stereocenters. The van der Waals surface area contributed by atoms with Gasteiger partial charge in [0.2, 0.25) is 11.5 Å². The van der Waals surface area contributed by atoms with Gasteiger partial charge < -0.3 is 15.2 Å². The fraction of sp³-hybridized carbons (Fsp3) is 0.360. The van der Waals surface area contributed by atoms with E-state index in [0.717, 1.165) is 4.57 Å². The van der Waals surface area contributed by atoms with E-state index in [1.807, 2.05) is 13.8 Å². The minimum absolute atomic E-state index is 0.0234. The average molecular weight is 550 g/mol. The number of ether oxygens (including phenoxy) is 1. The molecule has 1 aromatic heterocycles. The number of hydrogen-bond donors (Lipinski definition) is 3. The lowest BCUT2D eigenvalue weighted by Gasteiger charge is -2.25. The maximum Gasteiger partial charge on any atom is 0.336 e. The zero-order chi connectivity index (χ0) is 27.3. The van der Waals surface area contributed by atoms with Crippen molar-refractivity contribution in [3.05, 3.63) is 84.7 Å². The van der Waals surface area contributed by atoms with Crippen molar-refractivity contribution < 1.29 is 14.6 Å². The summed E-state index contributed by atoms with van der Waals surface area (Å²) in [7, 11) is 0. The molecule has 0 fully saturated rings. The number of nitrogens with one attached hydrogen (secondary N) is 2. The van der Waals surface area contributed by atoms with Gasteiger partial charge in [-0.25, -0.2) is 19.1 Å². The van der Waals surface area contributed by atoms with E-state index in [4.69, 9.17) is 33.0 Å². The van der Waals surface area contributed by atoms with E-state index >= 15 is 0 Å². The van der Waals surface area contributed by atoms with Crippen LogP contribution in [0, 0.1) is 0 Å². The number of benzene rings is 2. The highest BCUT2D eigenvalue weighted by Crippen LogP contribution is 2.29. The minimum atomic E-state index is -1.57. The van der Waals surface area contributed by atoms with Gasteiger partial charge in [0, 0.05) is 11.6 Å². The predicted octanol–water partition coefficient (Wildman–Crippen LogP) is 2.56. The number of aliphatic hydroxyl groups is 1. The molecular weight excluding hydrogens is 521 g/mol. The van der Waals surface area contributed by atoms with Gasteiger partial charge in [0.15, 0.2) is 0 Å². The standard InChI is InChI=1S/C25H29Cl2N5O5/c1-15(2)37-20-10-9-18(13-19(20)27)29-22-30-23(35)32(25(3,4)21(34)28-11-12-33)24(36)31(22)14-16-5-7-17(26)8-6-16/h5-10,13,15,33H,11-12,14H2,1-4H3,(H,28,34)(H,29,30,35). The number of hydrogen-bond acceptors (Lipinski definition) is 6. The fourth-order valence-corrected chi connectivity index (χ4v) is 3.88. The first-order valence-corrected chi connectivity index (χ1v) is 12.3. The van der Waals surface area contributed by atoms with E-state index in [-0.39, 0.29) is 31.4 Å². The quantitative estimate of drug-likeness (QED) is 0.377. The van der Waals surface area contributed by atoms with E-state index in [0.29, 0.717) is 27.0 Å². The van der Waals surface area contributed by atoms with Crippen LogP contribution in [-0.2, 0) is 16.9 Å². The van der Waals surface area contributed by atoms with E-state index in [1.54, 1.807) is 42.5 Å². The Bertz CT molecular complexity index is 1460. The highest BCUT2D eigenvalue weighted by Gasteiger charge is 2.33. The van der Waals surface area contributed by atoms with Gasteiger partial charge in [-0.2, -0.15) is 0 Å². The summed E-state index contributed by atoms with van der Waals surface area (Å²) in [4.78, 5) is 46.6. The molecule has 0 aliphatic heterocycles. The van der Waals surface area contributed by atoms with Gasteiger partial charge in [0.25, 0.3) is 0 Å². The van der Waals surface area contributed by atoms with Crippen molar-refractivity contribution in [2.75, 3.05) is 13.2 Å². The summed E-state index contributed by atoms with van der Waals surface area (Å²) in [6.07, 6.45) is -0.0799. The van der Waals surface area contributed by atoms with Gasteiger partial charge in [0.1, 0.15) is 11.3 Å². The second kappa shape index (κ2) is 11.8. The van der Waals surface area contributed by atoms with Crippen LogP contribution >= 0.6 is 23.2 Å². The van der Waals surface area contributed by atoms with Crippen LogP contribution in [0.15, 0.2) is 57.0 Å². The molecule has 0 aliphatic rings. The monoisotopic (exact) mass is 549 g/mol. The molecule has 1 heterocycles. The second-order valence-corrected chi connectivity index (χ2v) is 9.86. The van der Waals surface area contributed by atoms with E-state index in [2.05, 4.69) is 15.3 Å². The van der Waals surface area contributed by atoms with Crippen LogP contribution in [0.3, 0.4) is 0 Å². The van der Waals surface area contributed by atoms with E-state index in [9.17, 15) is 14.4 Å². The molecule has 0 saturated carbocycles. The van der Waals surface area contributed by atoms with Crippen LogP contribution in [-0.4, -0.2) is 44.4 Å². The Balaban J connectivity index is 2.21. The van der Waals surface area contributed by atoms with Crippen LogP contribution in [0.5, 0.6) is 5.75 Å². The number of amides is 1. The third kappa shape index (κ3) is 6.71. The number of carbonyl (C=O) groups excluding carboxylic acids is 1. The van der Waals surface area contributed by atoms with E-state index < -0.39 is 22.8 Å². The molecule has 0 saturated heterocycles. The lowest BCUT2D eigenvalue weighted by molar-refractivity contribution is -0.128. The Hall–Kier alpha value is -3.34. The van der Waals surface area contributed by atoms with Crippen LogP contribution in [0.1, 0.15) is 33.3 Å². The lowest BCUT2D eigenvalue weighted by Crippen LogP contribution is -2.59. The molecule has 12 heteroatoms. The molecule has 0 radical (unpaired) electrons. The number of aliphatic hydroxyl groups excluding tert-OH is 1. The van der Waals surface area contributed by atoms with Crippen molar-refractivity contribution in [1.82, 2.24) is 19.4 Å². The summed E-state index contributed by atoms with van der Waals surface area (Å²) < 4.78 is 7.72. The summed E-state index contributed by atoms with van der Waals surface area (Å²) in [6, 6.07) is 11.7. The number of halogens is 2. The Morgan fingerprint density at radius 3 is 2.43 bits per heavy atom. The maximum atomic E-state index is 13.7. The zero-order valence-corrected chi connectivity index (χ0v) is 22.4. The summed E-state index contributed by atoms with van der Waals surface area (Å²) >= 11 is 12.3. The van der Waals surface area contributed by atoms with Crippen LogP contribution in [0.25, 0.3) is 0 Å². The lowest BCUT2D eigenvalue weighted by atomic mass is 10.0. The van der Waals surface area contributed by atoms with Crippen molar-refractivity contribution >= 4 is 34.8 Å². The van der Waals surface area contributed by atoms with Crippen molar-refractivity contribution in [3.8, 4) is 5.75 Å². The molecule has 0 spiro atoms. The van der Waals surface area contributed by atoms with Gasteiger partial charge in [-0.05, 0) is 63.6 Å². The van der Waals surface area contributed by atoms with Gasteiger partial charge in [-0.3, -0.25) is 14.3 Å². The number of nitrogens with zero attached hydrogens (tertiary/aromatic N) is 3. The highest BCUT2D eigenvalue weighted by molar-refractivity contribution is 6.32. The second-order valence-electron chi connectivity index (χ2n) is 9.02. The molecule has 2 aromatic carbocycles. The van der Waals surface area contributed by atoms with E-state index in [1.165, 1.54) is 18.4 Å². The van der Waals surface area contributed by atoms with Crippen molar-refractivity contribution in [1.29, 1.82) is 0 Å². The Morgan fingerprint density at radius 2 is 1.84 bits per heavy atom. The van der Waals surface area contributed by atoms with Crippen LogP contribution in [0.4, 0.5) is 5.69 Å². The molecular formula is C25H29Cl2N5O5. The molecule has 198 valence electrons. The molecule has 0 aliphatic carbocycles. The first kappa shape index (κ1) is 28.2. The van der Waals surface area contributed by atoms with Crippen molar-refractivity contribution in [3.63, 3.8) is 0 Å². The molecule has 37 heavy (non-hydrogen) atoms. The van der Waals surface area contributed by atoms with Gasteiger partial charge in [0.05, 0.1) is 30.0 Å². The first-order chi connectivity index (χ1) is 17.4. The van der Waals surface area contributed by atoms with Crippen LogP contribution < -0.4 is 27.1 Å². The number of aromatic amines is 1. The Morgan fingerprint density at radius 1 is 1.16 bits per heavy atom. The predicted molar refractivity (Wildman–Crippen MR) is 142 cm³/mol. The van der Waals surface area contributed by atoms with Gasteiger partial charge in [-0.1, -0.05) is 35.3 Å². The topological polar surface area (TPSA) is 131 Å². The molecule has 0 atom stereocenters. The summed E-state index contributed by atoms with van der Waals surface area (Å²) in [5.41, 5.74) is -2.11. The number of aromatic nitrogens is 3. The largest absolute Gasteiger partial charge is 0.489 e. The molecule has 3 aromatic rings. The van der Waals surface area contributed by atoms with Crippen molar-refractivity contribution in [2.45, 2.75) is 45.9 Å². The van der Waals surface area contributed by atoms with Gasteiger partial charge >= 0.3 is 11.4 Å². The minimum Gasteiger partial charge on any atom is -0.489 e. The number of rotatable bonds is 9. The molecule has 3 N–H and O–H groups in total. The Kier molecular flexibility index (Phi) is 9.01. The molecule has 3 rings (SSSR count).